The molecule has 35 heavy (non-hydrogen) atoms. The van der Waals surface area contributed by atoms with Crippen molar-refractivity contribution < 1.29 is 14.3 Å². The largest absolute Gasteiger partial charge is 0.497 e. The molecule has 0 spiro atoms. The summed E-state index contributed by atoms with van der Waals surface area (Å²) in [5.74, 6) is 2.62. The molecule has 1 amide bonds. The monoisotopic (exact) mass is 467 g/mol. The summed E-state index contributed by atoms with van der Waals surface area (Å²) in [6.07, 6.45) is 3.07. The average molecular weight is 468 g/mol. The normalized spacial score (nSPS) is 15.5. The molecular formula is C29H29N3O3. The Bertz CT molecular complexity index is 1360. The Morgan fingerprint density at radius 1 is 1.09 bits per heavy atom. The van der Waals surface area contributed by atoms with Gasteiger partial charge in [-0.15, -0.1) is 6.58 Å². The lowest BCUT2D eigenvalue weighted by Gasteiger charge is -2.18. The Labute approximate surface area is 205 Å². The first kappa shape index (κ1) is 22.7. The Morgan fingerprint density at radius 2 is 1.91 bits per heavy atom. The maximum absolute atomic E-state index is 13.0. The van der Waals surface area contributed by atoms with Gasteiger partial charge in [-0.25, -0.2) is 4.98 Å². The van der Waals surface area contributed by atoms with Gasteiger partial charge >= 0.3 is 0 Å². The van der Waals surface area contributed by atoms with Crippen molar-refractivity contribution in [2.45, 2.75) is 25.3 Å². The van der Waals surface area contributed by atoms with Crippen molar-refractivity contribution in [3.8, 4) is 11.5 Å². The first-order valence-corrected chi connectivity index (χ1v) is 11.9. The van der Waals surface area contributed by atoms with Gasteiger partial charge in [0.25, 0.3) is 0 Å². The first-order chi connectivity index (χ1) is 17.2. The fraction of sp³-hybridized carbons (Fsp3) is 0.241. The molecule has 1 atom stereocenters. The van der Waals surface area contributed by atoms with E-state index in [0.29, 0.717) is 26.1 Å². The lowest BCUT2D eigenvalue weighted by molar-refractivity contribution is -0.117. The van der Waals surface area contributed by atoms with Crippen LogP contribution >= 0.6 is 0 Å². The highest BCUT2D eigenvalue weighted by Gasteiger charge is 2.35. The Morgan fingerprint density at radius 3 is 2.77 bits per heavy atom. The number of rotatable bonds is 9. The van der Waals surface area contributed by atoms with Crippen LogP contribution in [-0.2, 0) is 17.8 Å². The van der Waals surface area contributed by atoms with Gasteiger partial charge in [-0.3, -0.25) is 4.79 Å². The van der Waals surface area contributed by atoms with Crippen molar-refractivity contribution in [3.05, 3.63) is 96.8 Å². The molecule has 2 heterocycles. The van der Waals surface area contributed by atoms with Gasteiger partial charge in [-0.05, 0) is 42.3 Å². The zero-order valence-electron chi connectivity index (χ0n) is 19.9. The molecule has 4 aromatic rings. The van der Waals surface area contributed by atoms with Crippen LogP contribution in [0.5, 0.6) is 11.5 Å². The van der Waals surface area contributed by atoms with Gasteiger partial charge in [0.2, 0.25) is 5.91 Å². The third-order valence-corrected chi connectivity index (χ3v) is 6.45. The number of allylic oxidation sites excluding steroid dienone is 1. The second-order valence-electron chi connectivity index (χ2n) is 8.67. The predicted molar refractivity (Wildman–Crippen MR) is 138 cm³/mol. The van der Waals surface area contributed by atoms with Crippen LogP contribution in [0.15, 0.2) is 85.5 Å². The van der Waals surface area contributed by atoms with E-state index in [0.717, 1.165) is 46.0 Å². The van der Waals surface area contributed by atoms with Gasteiger partial charge in [0, 0.05) is 30.6 Å². The summed E-state index contributed by atoms with van der Waals surface area (Å²) in [5, 5.41) is 0. The number of ether oxygens (including phenoxy) is 2. The number of aromatic nitrogens is 2. The second-order valence-corrected chi connectivity index (χ2v) is 8.67. The number of carbonyl (C=O) groups excluding carboxylic acids is 1. The molecule has 1 aliphatic heterocycles. The molecule has 0 N–H and O–H groups in total. The number of amides is 1. The molecule has 1 fully saturated rings. The molecule has 0 radical (unpaired) electrons. The van der Waals surface area contributed by atoms with Crippen LogP contribution in [0.25, 0.3) is 11.0 Å². The van der Waals surface area contributed by atoms with Crippen molar-refractivity contribution >= 4 is 22.6 Å². The Hall–Kier alpha value is -4.06. The minimum absolute atomic E-state index is 0.00541. The third-order valence-electron chi connectivity index (χ3n) is 6.45. The minimum Gasteiger partial charge on any atom is -0.497 e. The summed E-state index contributed by atoms with van der Waals surface area (Å²) in [7, 11) is 1.63. The van der Waals surface area contributed by atoms with Crippen LogP contribution in [0, 0.1) is 0 Å². The van der Waals surface area contributed by atoms with E-state index in [1.165, 1.54) is 0 Å². The number of fused-ring (bicyclic) bond motifs is 1. The Kier molecular flexibility index (Phi) is 6.53. The summed E-state index contributed by atoms with van der Waals surface area (Å²) >= 11 is 0. The fourth-order valence-corrected chi connectivity index (χ4v) is 4.76. The van der Waals surface area contributed by atoms with Crippen molar-refractivity contribution in [1.29, 1.82) is 0 Å². The van der Waals surface area contributed by atoms with Crippen molar-refractivity contribution in [3.63, 3.8) is 0 Å². The van der Waals surface area contributed by atoms with Crippen LogP contribution in [0.2, 0.25) is 0 Å². The van der Waals surface area contributed by atoms with Gasteiger partial charge in [-0.1, -0.05) is 42.5 Å². The zero-order chi connectivity index (χ0) is 24.2. The van der Waals surface area contributed by atoms with Crippen molar-refractivity contribution in [1.82, 2.24) is 9.55 Å². The quantitative estimate of drug-likeness (QED) is 0.311. The molecular weight excluding hydrogens is 438 g/mol. The van der Waals surface area contributed by atoms with Gasteiger partial charge in [0.15, 0.2) is 0 Å². The molecule has 0 bridgehead atoms. The average Bonchev–Trinajstić information content (AvgIpc) is 3.46. The number of nitrogens with zero attached hydrogens (tertiary/aromatic N) is 3. The van der Waals surface area contributed by atoms with E-state index in [-0.39, 0.29) is 11.8 Å². The second kappa shape index (κ2) is 10.1. The molecule has 0 unspecified atom stereocenters. The Balaban J connectivity index is 1.39. The maximum Gasteiger partial charge on any atom is 0.227 e. The smallest absolute Gasteiger partial charge is 0.227 e. The molecule has 5 rings (SSSR count). The fourth-order valence-electron chi connectivity index (χ4n) is 4.76. The van der Waals surface area contributed by atoms with E-state index in [4.69, 9.17) is 14.5 Å². The summed E-state index contributed by atoms with van der Waals surface area (Å²) in [5.41, 5.74) is 3.95. The van der Waals surface area contributed by atoms with Gasteiger partial charge in [0.05, 0.1) is 24.7 Å². The van der Waals surface area contributed by atoms with E-state index in [1.54, 1.807) is 7.11 Å². The van der Waals surface area contributed by atoms with Crippen LogP contribution in [0.4, 0.5) is 5.69 Å². The summed E-state index contributed by atoms with van der Waals surface area (Å²) in [6, 6.07) is 23.8. The zero-order valence-corrected chi connectivity index (χ0v) is 19.9. The number of imidazole rings is 1. The predicted octanol–water partition coefficient (Wildman–Crippen LogP) is 5.37. The van der Waals surface area contributed by atoms with Crippen molar-refractivity contribution in [2.24, 2.45) is 0 Å². The summed E-state index contributed by atoms with van der Waals surface area (Å²) in [4.78, 5) is 19.8. The SMILES string of the molecule is C=CCc1ccccc1OCCn1c([C@@H]2CC(=O)N(c3cccc(OC)c3)C2)nc2ccccc21. The molecule has 0 aliphatic carbocycles. The van der Waals surface area contributed by atoms with E-state index in [1.807, 2.05) is 71.6 Å². The lowest BCUT2D eigenvalue weighted by atomic mass is 10.1. The number of carbonyl (C=O) groups is 1. The molecule has 3 aromatic carbocycles. The number of para-hydroxylation sites is 3. The highest BCUT2D eigenvalue weighted by atomic mass is 16.5. The number of methoxy groups -OCH3 is 1. The summed E-state index contributed by atoms with van der Waals surface area (Å²) < 4.78 is 13.7. The molecule has 6 nitrogen and oxygen atoms in total. The van der Waals surface area contributed by atoms with Crippen LogP contribution < -0.4 is 14.4 Å². The number of hydrogen-bond acceptors (Lipinski definition) is 4. The highest BCUT2D eigenvalue weighted by molar-refractivity contribution is 5.96. The van der Waals surface area contributed by atoms with Crippen molar-refractivity contribution in [2.75, 3.05) is 25.2 Å². The van der Waals surface area contributed by atoms with Gasteiger partial charge < -0.3 is 18.9 Å². The molecule has 1 aromatic heterocycles. The van der Waals surface area contributed by atoms with E-state index in [2.05, 4.69) is 23.3 Å². The molecule has 1 saturated heterocycles. The van der Waals surface area contributed by atoms with E-state index in [9.17, 15) is 4.79 Å². The molecule has 6 heteroatoms. The topological polar surface area (TPSA) is 56.6 Å². The van der Waals surface area contributed by atoms with Crippen LogP contribution in [0.1, 0.15) is 23.7 Å². The van der Waals surface area contributed by atoms with Crippen LogP contribution in [0.3, 0.4) is 0 Å². The van der Waals surface area contributed by atoms with Gasteiger partial charge in [0.1, 0.15) is 23.9 Å². The number of anilines is 1. The maximum atomic E-state index is 13.0. The third kappa shape index (κ3) is 4.64. The lowest BCUT2D eigenvalue weighted by Crippen LogP contribution is -2.24. The van der Waals surface area contributed by atoms with E-state index < -0.39 is 0 Å². The molecule has 1 aliphatic rings. The minimum atomic E-state index is -0.00541. The summed E-state index contributed by atoms with van der Waals surface area (Å²) in [6.45, 7) is 5.57. The standard InChI is InChI=1S/C29H29N3O3/c1-3-9-21-10-4-7-15-27(21)35-17-16-31-26-14-6-5-13-25(26)30-29(31)22-18-28(33)32(20-22)23-11-8-12-24(19-23)34-2/h3-8,10-15,19,22H,1,9,16-18,20H2,2H3/t22-/m1/s1. The van der Waals surface area contributed by atoms with Gasteiger partial charge in [-0.2, -0.15) is 0 Å². The molecule has 178 valence electrons. The number of benzene rings is 3. The highest BCUT2D eigenvalue weighted by Crippen LogP contribution is 2.34. The first-order valence-electron chi connectivity index (χ1n) is 11.9. The van der Waals surface area contributed by atoms with Crippen LogP contribution in [-0.4, -0.2) is 35.7 Å². The molecule has 0 saturated carbocycles. The van der Waals surface area contributed by atoms with E-state index >= 15 is 0 Å². The number of hydrogen-bond donors (Lipinski definition) is 0.